The van der Waals surface area contributed by atoms with Crippen molar-refractivity contribution < 1.29 is 13.5 Å². The minimum Gasteiger partial charge on any atom is -0.392 e. The van der Waals surface area contributed by atoms with E-state index in [0.717, 1.165) is 4.31 Å². The zero-order valence-corrected chi connectivity index (χ0v) is 12.6. The Balaban J connectivity index is 3.09. The van der Waals surface area contributed by atoms with Crippen LogP contribution in [0, 0.1) is 0 Å². The molecule has 0 amide bonds. The third-order valence-corrected chi connectivity index (χ3v) is 5.15. The third-order valence-electron chi connectivity index (χ3n) is 2.12. The van der Waals surface area contributed by atoms with Crippen LogP contribution in [-0.4, -0.2) is 37.5 Å². The van der Waals surface area contributed by atoms with Crippen LogP contribution in [0.5, 0.6) is 0 Å². The first kappa shape index (κ1) is 14.9. The number of aliphatic hydroxyl groups is 1. The molecule has 0 fully saturated rings. The van der Waals surface area contributed by atoms with E-state index >= 15 is 0 Å². The predicted octanol–water partition coefficient (Wildman–Crippen LogP) is 2.10. The summed E-state index contributed by atoms with van der Waals surface area (Å²) in [6, 6.07) is 4.38. The summed E-state index contributed by atoms with van der Waals surface area (Å²) in [7, 11) is -2.17. The summed E-state index contributed by atoms with van der Waals surface area (Å²) in [6.45, 7) is 1.58. The Bertz CT molecular complexity index is 504. The lowest BCUT2D eigenvalue weighted by molar-refractivity contribution is 0.171. The number of hydrogen-bond donors (Lipinski definition) is 1. The number of benzene rings is 1. The lowest BCUT2D eigenvalue weighted by Crippen LogP contribution is -2.33. The Kier molecular flexibility index (Phi) is 4.97. The first-order valence-corrected chi connectivity index (χ1v) is 7.45. The van der Waals surface area contributed by atoms with Crippen LogP contribution in [0.25, 0.3) is 0 Å². The van der Waals surface area contributed by atoms with Crippen molar-refractivity contribution in [1.29, 1.82) is 0 Å². The monoisotopic (exact) mass is 341 g/mol. The number of sulfonamides is 1. The van der Waals surface area contributed by atoms with Gasteiger partial charge in [0.05, 0.1) is 16.0 Å². The Morgan fingerprint density at radius 1 is 1.53 bits per heavy atom. The Hall–Kier alpha value is -0.140. The normalized spacial score (nSPS) is 14.0. The van der Waals surface area contributed by atoms with Gasteiger partial charge in [0.15, 0.2) is 0 Å². The summed E-state index contributed by atoms with van der Waals surface area (Å²) in [5, 5.41) is 9.64. The molecule has 1 rings (SSSR count). The molecule has 96 valence electrons. The minimum atomic E-state index is -3.59. The van der Waals surface area contributed by atoms with E-state index in [1.54, 1.807) is 0 Å². The number of nitrogens with zero attached hydrogens (tertiary/aromatic N) is 1. The van der Waals surface area contributed by atoms with Gasteiger partial charge >= 0.3 is 0 Å². The molecular weight excluding hydrogens is 330 g/mol. The first-order chi connectivity index (χ1) is 7.75. The van der Waals surface area contributed by atoms with Crippen molar-refractivity contribution in [2.45, 2.75) is 17.9 Å². The summed E-state index contributed by atoms with van der Waals surface area (Å²) in [5.74, 6) is 0. The second kappa shape index (κ2) is 5.67. The average molecular weight is 343 g/mol. The Morgan fingerprint density at radius 2 is 2.12 bits per heavy atom. The summed E-state index contributed by atoms with van der Waals surface area (Å²) in [4.78, 5) is 0.136. The van der Waals surface area contributed by atoms with Crippen molar-refractivity contribution in [2.75, 3.05) is 13.6 Å². The predicted molar refractivity (Wildman–Crippen MR) is 70.6 cm³/mol. The van der Waals surface area contributed by atoms with Crippen LogP contribution in [0.4, 0.5) is 0 Å². The first-order valence-electron chi connectivity index (χ1n) is 4.84. The highest BCUT2D eigenvalue weighted by atomic mass is 79.9. The van der Waals surface area contributed by atoms with Gasteiger partial charge in [-0.05, 0) is 41.1 Å². The quantitative estimate of drug-likeness (QED) is 0.911. The number of hydrogen-bond acceptors (Lipinski definition) is 3. The maximum Gasteiger partial charge on any atom is 0.242 e. The van der Waals surface area contributed by atoms with Crippen LogP contribution in [-0.2, 0) is 10.0 Å². The zero-order valence-electron chi connectivity index (χ0n) is 9.39. The molecule has 0 saturated heterocycles. The topological polar surface area (TPSA) is 57.6 Å². The zero-order chi connectivity index (χ0) is 13.2. The average Bonchev–Trinajstić information content (AvgIpc) is 2.20. The van der Waals surface area contributed by atoms with Gasteiger partial charge in [-0.1, -0.05) is 11.6 Å². The largest absolute Gasteiger partial charge is 0.392 e. The standard InChI is InChI=1S/C10H13BrClNO3S/c1-7(14)6-13(2)17(15,16)8-3-4-10(12)9(11)5-8/h3-5,7,14H,6H2,1-2H3. The van der Waals surface area contributed by atoms with Crippen molar-refractivity contribution >= 4 is 37.6 Å². The second-order valence-electron chi connectivity index (χ2n) is 3.71. The van der Waals surface area contributed by atoms with E-state index in [1.165, 1.54) is 32.2 Å². The number of rotatable bonds is 4. The molecule has 1 aromatic carbocycles. The molecule has 0 spiro atoms. The van der Waals surface area contributed by atoms with E-state index in [9.17, 15) is 13.5 Å². The molecule has 1 N–H and O–H groups in total. The molecule has 1 atom stereocenters. The maximum absolute atomic E-state index is 12.1. The Labute approximate surface area is 114 Å². The van der Waals surface area contributed by atoms with Crippen molar-refractivity contribution in [3.8, 4) is 0 Å². The lowest BCUT2D eigenvalue weighted by Gasteiger charge is -2.18. The minimum absolute atomic E-state index is 0.0442. The molecule has 0 aromatic heterocycles. The molecule has 0 aliphatic carbocycles. The van der Waals surface area contributed by atoms with Gasteiger partial charge in [0.25, 0.3) is 0 Å². The van der Waals surface area contributed by atoms with Gasteiger partial charge in [0, 0.05) is 18.1 Å². The van der Waals surface area contributed by atoms with Gasteiger partial charge in [-0.2, -0.15) is 4.31 Å². The van der Waals surface area contributed by atoms with E-state index < -0.39 is 16.1 Å². The van der Waals surface area contributed by atoms with Gasteiger partial charge < -0.3 is 5.11 Å². The van der Waals surface area contributed by atoms with E-state index in [0.29, 0.717) is 9.50 Å². The van der Waals surface area contributed by atoms with Crippen LogP contribution in [0.1, 0.15) is 6.92 Å². The lowest BCUT2D eigenvalue weighted by atomic mass is 10.4. The molecular formula is C10H13BrClNO3S. The van der Waals surface area contributed by atoms with Gasteiger partial charge in [0.2, 0.25) is 10.0 Å². The molecule has 1 aromatic rings. The van der Waals surface area contributed by atoms with E-state index in [1.807, 2.05) is 0 Å². The van der Waals surface area contributed by atoms with Crippen molar-refractivity contribution in [2.24, 2.45) is 0 Å². The highest BCUT2D eigenvalue weighted by molar-refractivity contribution is 9.10. The SMILES string of the molecule is CC(O)CN(C)S(=O)(=O)c1ccc(Cl)c(Br)c1. The fourth-order valence-corrected chi connectivity index (χ4v) is 3.21. The van der Waals surface area contributed by atoms with E-state index in [2.05, 4.69) is 15.9 Å². The van der Waals surface area contributed by atoms with Crippen LogP contribution in [0.3, 0.4) is 0 Å². The molecule has 1 unspecified atom stereocenters. The summed E-state index contributed by atoms with van der Waals surface area (Å²) >= 11 is 8.97. The van der Waals surface area contributed by atoms with Gasteiger partial charge in [0.1, 0.15) is 0 Å². The summed E-state index contributed by atoms with van der Waals surface area (Å²) in [6.07, 6.45) is -0.717. The van der Waals surface area contributed by atoms with Gasteiger partial charge in [-0.15, -0.1) is 0 Å². The van der Waals surface area contributed by atoms with E-state index in [4.69, 9.17) is 11.6 Å². The molecule has 4 nitrogen and oxygen atoms in total. The fourth-order valence-electron chi connectivity index (χ4n) is 1.29. The van der Waals surface area contributed by atoms with Crippen molar-refractivity contribution in [3.05, 3.63) is 27.7 Å². The highest BCUT2D eigenvalue weighted by Crippen LogP contribution is 2.26. The number of halogens is 2. The molecule has 7 heteroatoms. The molecule has 0 radical (unpaired) electrons. The highest BCUT2D eigenvalue weighted by Gasteiger charge is 2.22. The summed E-state index contributed by atoms with van der Waals surface area (Å²) < 4.78 is 25.8. The Morgan fingerprint density at radius 3 is 2.59 bits per heavy atom. The molecule has 0 heterocycles. The fraction of sp³-hybridized carbons (Fsp3) is 0.400. The summed E-state index contributed by atoms with van der Waals surface area (Å²) in [5.41, 5.74) is 0. The van der Waals surface area contributed by atoms with Crippen molar-refractivity contribution in [3.63, 3.8) is 0 Å². The van der Waals surface area contributed by atoms with Crippen LogP contribution in [0.2, 0.25) is 5.02 Å². The second-order valence-corrected chi connectivity index (χ2v) is 7.02. The van der Waals surface area contributed by atoms with Crippen molar-refractivity contribution in [1.82, 2.24) is 4.31 Å². The van der Waals surface area contributed by atoms with E-state index in [-0.39, 0.29) is 11.4 Å². The van der Waals surface area contributed by atoms with Gasteiger partial charge in [-0.3, -0.25) is 0 Å². The smallest absolute Gasteiger partial charge is 0.242 e. The van der Waals surface area contributed by atoms with Gasteiger partial charge in [-0.25, -0.2) is 8.42 Å². The molecule has 0 aliphatic heterocycles. The molecule has 0 bridgehead atoms. The maximum atomic E-state index is 12.1. The molecule has 0 aliphatic rings. The van der Waals surface area contributed by atoms with Crippen LogP contribution >= 0.6 is 27.5 Å². The van der Waals surface area contributed by atoms with Crippen LogP contribution in [0.15, 0.2) is 27.6 Å². The molecule has 0 saturated carbocycles. The number of aliphatic hydroxyl groups excluding tert-OH is 1. The van der Waals surface area contributed by atoms with Crippen LogP contribution < -0.4 is 0 Å². The number of likely N-dealkylation sites (N-methyl/N-ethyl adjacent to an activating group) is 1. The third kappa shape index (κ3) is 3.66. The molecule has 17 heavy (non-hydrogen) atoms.